The van der Waals surface area contributed by atoms with Crippen LogP contribution < -0.4 is 10.3 Å². The molecule has 0 atom stereocenters. The lowest BCUT2D eigenvalue weighted by molar-refractivity contribution is -0.137. The molecule has 148 valence electrons. The van der Waals surface area contributed by atoms with Crippen LogP contribution in [0.3, 0.4) is 0 Å². The molecule has 1 heterocycles. The highest BCUT2D eigenvalue weighted by molar-refractivity contribution is 6.01. The molecule has 1 N–H and O–H groups in total. The number of allylic oxidation sites excluding steroid dienone is 3. The third-order valence-corrected chi connectivity index (χ3v) is 4.23. The molecule has 4 nitrogen and oxygen atoms in total. The second kappa shape index (κ2) is 8.18. The number of rotatable bonds is 5. The minimum Gasteiger partial charge on any atom is -0.497 e. The van der Waals surface area contributed by atoms with E-state index in [0.717, 1.165) is 12.1 Å². The van der Waals surface area contributed by atoms with Crippen molar-refractivity contribution in [2.75, 3.05) is 7.11 Å². The quantitative estimate of drug-likeness (QED) is 0.445. The van der Waals surface area contributed by atoms with E-state index in [1.54, 1.807) is 36.4 Å². The fourth-order valence-electron chi connectivity index (χ4n) is 2.88. The van der Waals surface area contributed by atoms with Crippen molar-refractivity contribution < 1.29 is 17.9 Å². The van der Waals surface area contributed by atoms with Crippen LogP contribution in [0.25, 0.3) is 22.0 Å². The van der Waals surface area contributed by atoms with Crippen molar-refractivity contribution in [1.82, 2.24) is 4.98 Å². The molecule has 0 saturated heterocycles. The molecule has 2 aromatic carbocycles. The molecule has 3 rings (SSSR count). The van der Waals surface area contributed by atoms with E-state index in [1.807, 2.05) is 0 Å². The standard InChI is InChI=1S/C22H17F3N2O2/c1-3-4-5-12-26-20-19(14-6-8-15(9-7-14)22(23,24)25)17-13-16(29-2)10-11-18(17)27-21(20)28/h3-13H,1H2,2H3,(H,27,28)/b5-4-,26-12?. The van der Waals surface area contributed by atoms with Gasteiger partial charge in [-0.15, -0.1) is 0 Å². The number of pyridine rings is 1. The number of aromatic amines is 1. The zero-order chi connectivity index (χ0) is 21.0. The minimum atomic E-state index is -4.45. The maximum Gasteiger partial charge on any atom is 0.416 e. The molecule has 0 bridgehead atoms. The third-order valence-electron chi connectivity index (χ3n) is 4.23. The van der Waals surface area contributed by atoms with Crippen molar-refractivity contribution in [1.29, 1.82) is 0 Å². The first-order valence-corrected chi connectivity index (χ1v) is 8.58. The van der Waals surface area contributed by atoms with Crippen LogP contribution in [0.2, 0.25) is 0 Å². The Kier molecular flexibility index (Phi) is 5.68. The number of fused-ring (bicyclic) bond motifs is 1. The van der Waals surface area contributed by atoms with E-state index in [2.05, 4.69) is 16.6 Å². The number of halogens is 3. The molecule has 0 radical (unpaired) electrons. The number of hydrogen-bond donors (Lipinski definition) is 1. The van der Waals surface area contributed by atoms with Crippen LogP contribution in [0.1, 0.15) is 5.56 Å². The highest BCUT2D eigenvalue weighted by Crippen LogP contribution is 2.37. The van der Waals surface area contributed by atoms with Gasteiger partial charge in [-0.05, 0) is 42.0 Å². The molecule has 0 saturated carbocycles. The Hall–Kier alpha value is -3.61. The summed E-state index contributed by atoms with van der Waals surface area (Å²) in [5.41, 5.74) is 0.222. The summed E-state index contributed by atoms with van der Waals surface area (Å²) in [6.07, 6.45) is 1.76. The lowest BCUT2D eigenvalue weighted by atomic mass is 9.98. The van der Waals surface area contributed by atoms with Gasteiger partial charge in [0.1, 0.15) is 11.4 Å². The molecular formula is C22H17F3N2O2. The summed E-state index contributed by atoms with van der Waals surface area (Å²) in [7, 11) is 1.50. The van der Waals surface area contributed by atoms with E-state index in [1.165, 1.54) is 25.5 Å². The van der Waals surface area contributed by atoms with Gasteiger partial charge in [0, 0.05) is 22.7 Å². The summed E-state index contributed by atoms with van der Waals surface area (Å²) in [5.74, 6) is 0.541. The summed E-state index contributed by atoms with van der Waals surface area (Å²) in [5, 5.41) is 0.601. The SMILES string of the molecule is C=C/C=C\C=Nc1c(-c2ccc(C(F)(F)F)cc2)c2cc(OC)ccc2[nH]c1=O. The van der Waals surface area contributed by atoms with Crippen molar-refractivity contribution in [3.05, 3.63) is 83.2 Å². The van der Waals surface area contributed by atoms with Crippen LogP contribution >= 0.6 is 0 Å². The number of aromatic nitrogens is 1. The number of methoxy groups -OCH3 is 1. The third kappa shape index (κ3) is 4.29. The largest absolute Gasteiger partial charge is 0.497 e. The molecule has 0 spiro atoms. The molecule has 0 aliphatic rings. The van der Waals surface area contributed by atoms with E-state index in [-0.39, 0.29) is 5.69 Å². The van der Waals surface area contributed by atoms with Crippen LogP contribution in [0.5, 0.6) is 5.75 Å². The van der Waals surface area contributed by atoms with Gasteiger partial charge in [-0.1, -0.05) is 30.9 Å². The zero-order valence-corrected chi connectivity index (χ0v) is 15.5. The molecule has 0 unspecified atom stereocenters. The number of alkyl halides is 3. The lowest BCUT2D eigenvalue weighted by Crippen LogP contribution is -2.08. The highest BCUT2D eigenvalue weighted by Gasteiger charge is 2.30. The maximum atomic E-state index is 12.9. The molecule has 0 aliphatic carbocycles. The second-order valence-electron chi connectivity index (χ2n) is 6.06. The van der Waals surface area contributed by atoms with Crippen LogP contribution in [0.15, 0.2) is 77.1 Å². The molecule has 0 aliphatic heterocycles. The first-order chi connectivity index (χ1) is 13.8. The Morgan fingerprint density at radius 2 is 1.83 bits per heavy atom. The summed E-state index contributed by atoms with van der Waals surface area (Å²) < 4.78 is 44.1. The fraction of sp³-hybridized carbons (Fsp3) is 0.0909. The van der Waals surface area contributed by atoms with Crippen molar-refractivity contribution in [2.24, 2.45) is 4.99 Å². The number of benzene rings is 2. The van der Waals surface area contributed by atoms with Crippen LogP contribution in [-0.2, 0) is 6.18 Å². The van der Waals surface area contributed by atoms with Crippen molar-refractivity contribution >= 4 is 22.8 Å². The highest BCUT2D eigenvalue weighted by atomic mass is 19.4. The Bertz CT molecular complexity index is 1160. The van der Waals surface area contributed by atoms with Gasteiger partial charge in [0.25, 0.3) is 5.56 Å². The number of ether oxygens (including phenoxy) is 1. The van der Waals surface area contributed by atoms with Crippen LogP contribution in [-0.4, -0.2) is 18.3 Å². The molecule has 0 fully saturated rings. The molecule has 3 aromatic rings. The summed E-state index contributed by atoms with van der Waals surface area (Å²) in [6, 6.07) is 9.68. The smallest absolute Gasteiger partial charge is 0.416 e. The summed E-state index contributed by atoms with van der Waals surface area (Å²) in [6.45, 7) is 3.55. The molecule has 29 heavy (non-hydrogen) atoms. The van der Waals surface area contributed by atoms with E-state index in [0.29, 0.717) is 27.8 Å². The van der Waals surface area contributed by atoms with Gasteiger partial charge in [-0.2, -0.15) is 13.2 Å². The maximum absolute atomic E-state index is 12.9. The van der Waals surface area contributed by atoms with Gasteiger partial charge in [0.2, 0.25) is 0 Å². The summed E-state index contributed by atoms with van der Waals surface area (Å²) in [4.78, 5) is 19.6. The number of nitrogens with one attached hydrogen (secondary N) is 1. The average molecular weight is 398 g/mol. The Labute approximate surface area is 164 Å². The number of hydrogen-bond acceptors (Lipinski definition) is 3. The van der Waals surface area contributed by atoms with Gasteiger partial charge in [-0.25, -0.2) is 0 Å². The van der Waals surface area contributed by atoms with E-state index in [9.17, 15) is 18.0 Å². The first-order valence-electron chi connectivity index (χ1n) is 8.58. The van der Waals surface area contributed by atoms with E-state index >= 15 is 0 Å². The van der Waals surface area contributed by atoms with Gasteiger partial charge in [0.15, 0.2) is 0 Å². The minimum absolute atomic E-state index is 0.0826. The second-order valence-corrected chi connectivity index (χ2v) is 6.06. The molecule has 7 heteroatoms. The average Bonchev–Trinajstić information content (AvgIpc) is 2.70. The van der Waals surface area contributed by atoms with Crippen molar-refractivity contribution in [3.8, 4) is 16.9 Å². The topological polar surface area (TPSA) is 54.4 Å². The van der Waals surface area contributed by atoms with Gasteiger partial charge < -0.3 is 9.72 Å². The Morgan fingerprint density at radius 3 is 2.45 bits per heavy atom. The van der Waals surface area contributed by atoms with Crippen molar-refractivity contribution in [3.63, 3.8) is 0 Å². The molecule has 1 aromatic heterocycles. The first kappa shape index (κ1) is 20.1. The number of H-pyrrole nitrogens is 1. The summed E-state index contributed by atoms with van der Waals surface area (Å²) >= 11 is 0. The van der Waals surface area contributed by atoms with E-state index < -0.39 is 17.3 Å². The predicted molar refractivity (Wildman–Crippen MR) is 109 cm³/mol. The number of aliphatic imine (C=N–C) groups is 1. The van der Waals surface area contributed by atoms with Gasteiger partial charge in [0.05, 0.1) is 12.7 Å². The van der Waals surface area contributed by atoms with Crippen molar-refractivity contribution in [2.45, 2.75) is 6.18 Å². The van der Waals surface area contributed by atoms with Gasteiger partial charge in [-0.3, -0.25) is 9.79 Å². The number of nitrogens with zero attached hydrogens (tertiary/aromatic N) is 1. The monoisotopic (exact) mass is 398 g/mol. The lowest BCUT2D eigenvalue weighted by Gasteiger charge is -2.13. The molecular weight excluding hydrogens is 381 g/mol. The van der Waals surface area contributed by atoms with Crippen LogP contribution in [0, 0.1) is 0 Å². The van der Waals surface area contributed by atoms with Gasteiger partial charge >= 0.3 is 6.18 Å². The Balaban J connectivity index is 2.30. The van der Waals surface area contributed by atoms with Crippen LogP contribution in [0.4, 0.5) is 18.9 Å². The normalized spacial score (nSPS) is 12.1. The predicted octanol–water partition coefficient (Wildman–Crippen LogP) is 5.67. The fourth-order valence-corrected chi connectivity index (χ4v) is 2.88. The zero-order valence-electron chi connectivity index (χ0n) is 15.5. The molecule has 0 amide bonds. The van der Waals surface area contributed by atoms with E-state index in [4.69, 9.17) is 4.74 Å². The Morgan fingerprint density at radius 1 is 1.10 bits per heavy atom.